The predicted molar refractivity (Wildman–Crippen MR) is 108 cm³/mol. The molecule has 2 aromatic heterocycles. The molecule has 0 unspecified atom stereocenters. The molecule has 8 nitrogen and oxygen atoms in total. The molecule has 0 aliphatic carbocycles. The molecule has 0 bridgehead atoms. The lowest BCUT2D eigenvalue weighted by Gasteiger charge is -2.31. The summed E-state index contributed by atoms with van der Waals surface area (Å²) in [6.45, 7) is 2.06. The summed E-state index contributed by atoms with van der Waals surface area (Å²) in [6, 6.07) is 4.63. The zero-order chi connectivity index (χ0) is 25.4. The fraction of sp³-hybridized carbons (Fsp3) is 0.429. The van der Waals surface area contributed by atoms with Gasteiger partial charge in [-0.15, -0.1) is 0 Å². The maximum absolute atomic E-state index is 14.0. The zero-order valence-electron chi connectivity index (χ0n) is 18.2. The Bertz CT molecular complexity index is 1080. The van der Waals surface area contributed by atoms with Gasteiger partial charge in [0, 0.05) is 17.4 Å². The van der Waals surface area contributed by atoms with Gasteiger partial charge in [-0.1, -0.05) is 13.0 Å². The van der Waals surface area contributed by atoms with Gasteiger partial charge >= 0.3 is 6.18 Å². The molecule has 4 atom stereocenters. The number of pyridine rings is 2. The zero-order valence-corrected chi connectivity index (χ0v) is 18.2. The van der Waals surface area contributed by atoms with Crippen molar-refractivity contribution in [1.82, 2.24) is 9.97 Å². The topological polar surface area (TPSA) is 116 Å². The maximum Gasteiger partial charge on any atom is 0.417 e. The number of nitrogens with zero attached hydrogens (tertiary/aromatic N) is 2. The molecule has 0 spiro atoms. The lowest BCUT2D eigenvalue weighted by molar-refractivity contribution is -0.272. The molecule has 1 aliphatic rings. The van der Waals surface area contributed by atoms with E-state index in [1.54, 1.807) is 0 Å². The average molecular weight is 488 g/mol. The second-order valence-electron chi connectivity index (χ2n) is 7.88. The van der Waals surface area contributed by atoms with Crippen molar-refractivity contribution in [2.75, 3.05) is 12.4 Å². The number of nitrogens with two attached hydrogens (primary N) is 1. The molecule has 2 aromatic rings. The van der Waals surface area contributed by atoms with Gasteiger partial charge in [-0.3, -0.25) is 9.59 Å². The van der Waals surface area contributed by atoms with Crippen LogP contribution in [0.2, 0.25) is 0 Å². The third-order valence-electron chi connectivity index (χ3n) is 5.90. The van der Waals surface area contributed by atoms with Gasteiger partial charge in [-0.25, -0.2) is 18.7 Å². The van der Waals surface area contributed by atoms with E-state index < -0.39 is 53.7 Å². The second-order valence-corrected chi connectivity index (χ2v) is 7.88. The highest BCUT2D eigenvalue weighted by molar-refractivity contribution is 5.96. The quantitative estimate of drug-likeness (QED) is 0.601. The highest BCUT2D eigenvalue weighted by Gasteiger charge is 2.65. The number of alkyl halides is 5. The van der Waals surface area contributed by atoms with Crippen LogP contribution in [0.5, 0.6) is 5.88 Å². The molecule has 0 aromatic carbocycles. The molecule has 0 saturated carbocycles. The first kappa shape index (κ1) is 25.3. The molecule has 3 N–H and O–H groups in total. The number of hydrogen-bond donors (Lipinski definition) is 2. The van der Waals surface area contributed by atoms with Crippen molar-refractivity contribution in [2.24, 2.45) is 11.7 Å². The van der Waals surface area contributed by atoms with E-state index in [4.69, 9.17) is 15.2 Å². The molecular weight excluding hydrogens is 467 g/mol. The van der Waals surface area contributed by atoms with E-state index in [9.17, 15) is 31.5 Å². The molecule has 184 valence electrons. The number of primary amides is 1. The number of halogens is 5. The van der Waals surface area contributed by atoms with E-state index in [1.807, 2.05) is 0 Å². The standard InChI is InChI=1S/C21H21F5N4O4/c1-9-14(11-5-7-12(16(22)23)30-19(11)33-3)15(34-20(9,2)21(24,25)26)18(32)29-10-4-6-13(17(27)31)28-8-10/h4-9,14-16H,1-3H3,(H2,27,31)(H,29,32)/t9-,14-,15+,20+/m0/s1. The molecular formula is C21H21F5N4O4. The van der Waals surface area contributed by atoms with Crippen molar-refractivity contribution in [3.05, 3.63) is 47.4 Å². The van der Waals surface area contributed by atoms with E-state index in [0.717, 1.165) is 32.4 Å². The Kier molecular flexibility index (Phi) is 6.78. The Morgan fingerprint density at radius 3 is 2.41 bits per heavy atom. The molecule has 3 rings (SSSR count). The van der Waals surface area contributed by atoms with Crippen LogP contribution in [0.25, 0.3) is 0 Å². The van der Waals surface area contributed by atoms with E-state index in [-0.39, 0.29) is 22.8 Å². The van der Waals surface area contributed by atoms with Gasteiger partial charge in [0.25, 0.3) is 18.2 Å². The van der Waals surface area contributed by atoms with Gasteiger partial charge in [0.1, 0.15) is 17.5 Å². The SMILES string of the molecule is COc1nc(C(F)F)ccc1[C@H]1[C@H](C(=O)Nc2ccc(C(N)=O)nc2)O[C@@](C)(C(F)(F)F)[C@H]1C. The molecule has 1 aliphatic heterocycles. The van der Waals surface area contributed by atoms with Crippen molar-refractivity contribution in [1.29, 1.82) is 0 Å². The van der Waals surface area contributed by atoms with Crippen molar-refractivity contribution in [3.8, 4) is 5.88 Å². The number of anilines is 1. The largest absolute Gasteiger partial charge is 0.481 e. The first-order chi connectivity index (χ1) is 15.8. The van der Waals surface area contributed by atoms with Crippen LogP contribution in [0.15, 0.2) is 30.5 Å². The van der Waals surface area contributed by atoms with Gasteiger partial charge in [-0.2, -0.15) is 13.2 Å². The number of methoxy groups -OCH3 is 1. The number of carbonyl (C=O) groups excluding carboxylic acids is 2. The summed E-state index contributed by atoms with van der Waals surface area (Å²) in [5.41, 5.74) is 1.74. The van der Waals surface area contributed by atoms with E-state index >= 15 is 0 Å². The Morgan fingerprint density at radius 2 is 1.91 bits per heavy atom. The van der Waals surface area contributed by atoms with Crippen LogP contribution in [0.1, 0.15) is 47.9 Å². The van der Waals surface area contributed by atoms with E-state index in [1.165, 1.54) is 19.1 Å². The van der Waals surface area contributed by atoms with E-state index in [0.29, 0.717) is 0 Å². The summed E-state index contributed by atoms with van der Waals surface area (Å²) in [4.78, 5) is 31.7. The Labute approximate surface area is 190 Å². The Balaban J connectivity index is 2.02. The third kappa shape index (κ3) is 4.52. The fourth-order valence-corrected chi connectivity index (χ4v) is 3.85. The molecule has 1 saturated heterocycles. The lowest BCUT2D eigenvalue weighted by Crippen LogP contribution is -2.47. The summed E-state index contributed by atoms with van der Waals surface area (Å²) in [5.74, 6) is -4.67. The molecule has 1 fully saturated rings. The van der Waals surface area contributed by atoms with Gasteiger partial charge in [0.05, 0.1) is 19.0 Å². The maximum atomic E-state index is 14.0. The summed E-state index contributed by atoms with van der Waals surface area (Å²) in [6.07, 6.45) is -8.37. The number of aromatic nitrogens is 2. The van der Waals surface area contributed by atoms with Crippen molar-refractivity contribution in [2.45, 2.75) is 44.1 Å². The molecule has 34 heavy (non-hydrogen) atoms. The van der Waals surface area contributed by atoms with Crippen molar-refractivity contribution >= 4 is 17.5 Å². The van der Waals surface area contributed by atoms with Gasteiger partial charge in [0.15, 0.2) is 5.60 Å². The number of nitrogens with one attached hydrogen (secondary N) is 1. The van der Waals surface area contributed by atoms with Crippen molar-refractivity contribution in [3.63, 3.8) is 0 Å². The smallest absolute Gasteiger partial charge is 0.417 e. The lowest BCUT2D eigenvalue weighted by atomic mass is 9.77. The highest BCUT2D eigenvalue weighted by Crippen LogP contribution is 2.54. The summed E-state index contributed by atoms with van der Waals surface area (Å²) in [7, 11) is 1.13. The van der Waals surface area contributed by atoms with Crippen LogP contribution in [0.4, 0.5) is 27.6 Å². The monoisotopic (exact) mass is 488 g/mol. The molecule has 0 radical (unpaired) electrons. The second kappa shape index (κ2) is 9.12. The number of amides is 2. The van der Waals surface area contributed by atoms with Crippen LogP contribution < -0.4 is 15.8 Å². The summed E-state index contributed by atoms with van der Waals surface area (Å²) in [5, 5.41) is 2.40. The Morgan fingerprint density at radius 1 is 1.24 bits per heavy atom. The Hall–Kier alpha value is -3.35. The summed E-state index contributed by atoms with van der Waals surface area (Å²) < 4.78 is 78.4. The molecule has 2 amide bonds. The third-order valence-corrected chi connectivity index (χ3v) is 5.90. The minimum absolute atomic E-state index is 0.00901. The number of rotatable bonds is 6. The van der Waals surface area contributed by atoms with E-state index in [2.05, 4.69) is 15.3 Å². The van der Waals surface area contributed by atoms with Gasteiger partial charge in [0.2, 0.25) is 5.88 Å². The minimum atomic E-state index is -4.85. The van der Waals surface area contributed by atoms with Crippen molar-refractivity contribution < 1.29 is 41.0 Å². The van der Waals surface area contributed by atoms with Gasteiger partial charge in [-0.05, 0) is 25.1 Å². The number of carbonyl (C=O) groups is 2. The highest BCUT2D eigenvalue weighted by atomic mass is 19.4. The van der Waals surface area contributed by atoms with Crippen LogP contribution in [-0.4, -0.2) is 46.8 Å². The summed E-state index contributed by atoms with van der Waals surface area (Å²) >= 11 is 0. The van der Waals surface area contributed by atoms with Crippen LogP contribution in [0.3, 0.4) is 0 Å². The van der Waals surface area contributed by atoms with Crippen LogP contribution >= 0.6 is 0 Å². The molecule has 13 heteroatoms. The van der Waals surface area contributed by atoms with Crippen LogP contribution in [0, 0.1) is 5.92 Å². The minimum Gasteiger partial charge on any atom is -0.481 e. The van der Waals surface area contributed by atoms with Gasteiger partial charge < -0.3 is 20.5 Å². The van der Waals surface area contributed by atoms with Crippen LogP contribution in [-0.2, 0) is 9.53 Å². The first-order valence-electron chi connectivity index (χ1n) is 9.94. The fourth-order valence-electron chi connectivity index (χ4n) is 3.85. The predicted octanol–water partition coefficient (Wildman–Crippen LogP) is 3.60. The normalized spacial score (nSPS) is 24.8. The average Bonchev–Trinajstić information content (AvgIpc) is 3.05. The first-order valence-corrected chi connectivity index (χ1v) is 9.94. The number of hydrogen-bond acceptors (Lipinski definition) is 6. The molecule has 3 heterocycles. The number of ether oxygens (including phenoxy) is 2.